The highest BCUT2D eigenvalue weighted by atomic mass is 35.5. The molecule has 2 aromatic rings. The summed E-state index contributed by atoms with van der Waals surface area (Å²) in [6.45, 7) is 1.49. The van der Waals surface area contributed by atoms with Crippen LogP contribution < -0.4 is 5.73 Å². The van der Waals surface area contributed by atoms with Gasteiger partial charge in [-0.25, -0.2) is 0 Å². The topological polar surface area (TPSA) is 55.0 Å². The highest BCUT2D eigenvalue weighted by molar-refractivity contribution is 7.09. The summed E-state index contributed by atoms with van der Waals surface area (Å²) in [5, 5.41) is 5.43. The molecule has 1 aromatic heterocycles. The summed E-state index contributed by atoms with van der Waals surface area (Å²) in [6, 6.07) is 7.82. The summed E-state index contributed by atoms with van der Waals surface area (Å²) in [4.78, 5) is 2.12. The van der Waals surface area contributed by atoms with Crippen molar-refractivity contribution in [3.05, 3.63) is 40.5 Å². The predicted octanol–water partition coefficient (Wildman–Crippen LogP) is 2.41. The first-order valence-corrected chi connectivity index (χ1v) is 6.30. The predicted molar refractivity (Wildman–Crippen MR) is 70.9 cm³/mol. The molecule has 0 fully saturated rings. The van der Waals surface area contributed by atoms with Crippen molar-refractivity contribution in [3.8, 4) is 0 Å². The van der Waals surface area contributed by atoms with Gasteiger partial charge in [-0.15, -0.1) is 5.10 Å². The van der Waals surface area contributed by atoms with Crippen LogP contribution >= 0.6 is 23.1 Å². The molecule has 0 aliphatic heterocycles. The van der Waals surface area contributed by atoms with Gasteiger partial charge >= 0.3 is 0 Å². The van der Waals surface area contributed by atoms with Crippen molar-refractivity contribution in [2.75, 3.05) is 12.8 Å². The molecule has 1 aromatic carbocycles. The molecule has 90 valence electrons. The maximum absolute atomic E-state index is 5.94. The SMILES string of the molecule is CN(Cc1cccc(Cl)c1)Cc1nnsc1N. The van der Waals surface area contributed by atoms with Crippen molar-refractivity contribution >= 4 is 28.1 Å². The van der Waals surface area contributed by atoms with Crippen molar-refractivity contribution in [2.45, 2.75) is 13.1 Å². The van der Waals surface area contributed by atoms with Crippen molar-refractivity contribution in [1.82, 2.24) is 14.5 Å². The molecular weight excluding hydrogens is 256 g/mol. The third kappa shape index (κ3) is 3.39. The number of rotatable bonds is 4. The molecule has 0 bridgehead atoms. The lowest BCUT2D eigenvalue weighted by atomic mass is 10.2. The Bertz CT molecular complexity index is 500. The number of hydrogen-bond acceptors (Lipinski definition) is 5. The number of nitrogens with two attached hydrogens (primary N) is 1. The van der Waals surface area contributed by atoms with Gasteiger partial charge in [-0.2, -0.15) is 0 Å². The highest BCUT2D eigenvalue weighted by Gasteiger charge is 2.08. The second-order valence-electron chi connectivity index (χ2n) is 3.89. The Morgan fingerprint density at radius 3 is 2.88 bits per heavy atom. The fourth-order valence-corrected chi connectivity index (χ4v) is 2.23. The molecule has 0 amide bonds. The first-order chi connectivity index (χ1) is 8.15. The molecule has 2 rings (SSSR count). The minimum Gasteiger partial charge on any atom is -0.388 e. The molecule has 0 aliphatic carbocycles. The van der Waals surface area contributed by atoms with Crippen molar-refractivity contribution in [2.24, 2.45) is 0 Å². The van der Waals surface area contributed by atoms with Crippen LogP contribution in [0.2, 0.25) is 5.02 Å². The zero-order valence-electron chi connectivity index (χ0n) is 9.43. The fourth-order valence-electron chi connectivity index (χ4n) is 1.58. The van der Waals surface area contributed by atoms with E-state index in [0.717, 1.165) is 17.3 Å². The van der Waals surface area contributed by atoms with Crippen LogP contribution in [0.4, 0.5) is 5.00 Å². The molecule has 4 nitrogen and oxygen atoms in total. The summed E-state index contributed by atoms with van der Waals surface area (Å²) in [7, 11) is 2.01. The Morgan fingerprint density at radius 1 is 1.41 bits per heavy atom. The molecule has 6 heteroatoms. The molecule has 17 heavy (non-hydrogen) atoms. The van der Waals surface area contributed by atoms with Gasteiger partial charge in [-0.1, -0.05) is 28.2 Å². The quantitative estimate of drug-likeness (QED) is 0.925. The Labute approximate surface area is 109 Å². The summed E-state index contributed by atoms with van der Waals surface area (Å²) < 4.78 is 3.81. The molecule has 2 N–H and O–H groups in total. The average molecular weight is 269 g/mol. The normalized spacial score (nSPS) is 11.0. The van der Waals surface area contributed by atoms with Gasteiger partial charge in [0.15, 0.2) is 0 Å². The van der Waals surface area contributed by atoms with Crippen LogP contribution in [0.15, 0.2) is 24.3 Å². The van der Waals surface area contributed by atoms with E-state index in [2.05, 4.69) is 14.5 Å². The van der Waals surface area contributed by atoms with E-state index in [0.29, 0.717) is 11.5 Å². The minimum atomic E-state index is 0.683. The molecule has 0 radical (unpaired) electrons. The molecule has 0 aliphatic rings. The van der Waals surface area contributed by atoms with Crippen molar-refractivity contribution in [3.63, 3.8) is 0 Å². The molecule has 0 atom stereocenters. The monoisotopic (exact) mass is 268 g/mol. The lowest BCUT2D eigenvalue weighted by Gasteiger charge is -2.15. The van der Waals surface area contributed by atoms with Gasteiger partial charge in [0, 0.05) is 29.6 Å². The zero-order valence-corrected chi connectivity index (χ0v) is 11.0. The van der Waals surface area contributed by atoms with E-state index in [1.165, 1.54) is 17.1 Å². The molecule has 0 unspecified atom stereocenters. The summed E-state index contributed by atoms with van der Waals surface area (Å²) in [5.41, 5.74) is 7.75. The molecule has 0 saturated heterocycles. The number of anilines is 1. The van der Waals surface area contributed by atoms with Crippen LogP contribution in [0.25, 0.3) is 0 Å². The Kier molecular flexibility index (Phi) is 3.93. The molecule has 0 saturated carbocycles. The Balaban J connectivity index is 1.98. The lowest BCUT2D eigenvalue weighted by Crippen LogP contribution is -2.18. The first kappa shape index (κ1) is 12.3. The van der Waals surface area contributed by atoms with Crippen LogP contribution in [0.3, 0.4) is 0 Å². The van der Waals surface area contributed by atoms with Crippen molar-refractivity contribution < 1.29 is 0 Å². The number of benzene rings is 1. The molecule has 1 heterocycles. The van der Waals surface area contributed by atoms with E-state index in [-0.39, 0.29) is 0 Å². The standard InChI is InChI=1S/C11H13ClN4S/c1-16(7-10-11(13)17-15-14-10)6-8-3-2-4-9(12)5-8/h2-5H,6-7,13H2,1H3. The van der Waals surface area contributed by atoms with E-state index in [1.807, 2.05) is 31.3 Å². The number of nitrogens with zero attached hydrogens (tertiary/aromatic N) is 3. The minimum absolute atomic E-state index is 0.683. The van der Waals surface area contributed by atoms with Crippen LogP contribution in [-0.2, 0) is 13.1 Å². The number of halogens is 1. The third-order valence-electron chi connectivity index (χ3n) is 2.35. The van der Waals surface area contributed by atoms with E-state index in [1.54, 1.807) is 0 Å². The van der Waals surface area contributed by atoms with Gasteiger partial charge < -0.3 is 5.73 Å². The van der Waals surface area contributed by atoms with Gasteiger partial charge in [0.2, 0.25) is 0 Å². The maximum Gasteiger partial charge on any atom is 0.132 e. The largest absolute Gasteiger partial charge is 0.388 e. The van der Waals surface area contributed by atoms with Crippen LogP contribution in [0.1, 0.15) is 11.3 Å². The van der Waals surface area contributed by atoms with E-state index < -0.39 is 0 Å². The maximum atomic E-state index is 5.94. The summed E-state index contributed by atoms with van der Waals surface area (Å²) in [5.74, 6) is 0. The number of nitrogen functional groups attached to an aromatic ring is 1. The fraction of sp³-hybridized carbons (Fsp3) is 0.273. The van der Waals surface area contributed by atoms with Gasteiger partial charge in [-0.05, 0) is 24.7 Å². The second-order valence-corrected chi connectivity index (χ2v) is 5.11. The van der Waals surface area contributed by atoms with Gasteiger partial charge in [0.1, 0.15) is 10.7 Å². The summed E-state index contributed by atoms with van der Waals surface area (Å²) in [6.07, 6.45) is 0. The third-order valence-corrected chi connectivity index (χ3v) is 3.18. The molecule has 0 spiro atoms. The van der Waals surface area contributed by atoms with E-state index in [4.69, 9.17) is 17.3 Å². The zero-order chi connectivity index (χ0) is 12.3. The Morgan fingerprint density at radius 2 is 2.24 bits per heavy atom. The first-order valence-electron chi connectivity index (χ1n) is 5.15. The average Bonchev–Trinajstić information content (AvgIpc) is 2.64. The van der Waals surface area contributed by atoms with Gasteiger partial charge in [0.25, 0.3) is 0 Å². The van der Waals surface area contributed by atoms with Crippen LogP contribution in [-0.4, -0.2) is 21.5 Å². The summed E-state index contributed by atoms with van der Waals surface area (Å²) >= 11 is 7.16. The van der Waals surface area contributed by atoms with Crippen molar-refractivity contribution in [1.29, 1.82) is 0 Å². The highest BCUT2D eigenvalue weighted by Crippen LogP contribution is 2.16. The second kappa shape index (κ2) is 5.44. The number of hydrogen-bond donors (Lipinski definition) is 1. The lowest BCUT2D eigenvalue weighted by molar-refractivity contribution is 0.315. The van der Waals surface area contributed by atoms with Crippen LogP contribution in [0, 0.1) is 0 Å². The Hall–Kier alpha value is -1.17. The van der Waals surface area contributed by atoms with Crippen LogP contribution in [0.5, 0.6) is 0 Å². The smallest absolute Gasteiger partial charge is 0.132 e. The molecular formula is C11H13ClN4S. The van der Waals surface area contributed by atoms with E-state index in [9.17, 15) is 0 Å². The van der Waals surface area contributed by atoms with Gasteiger partial charge in [0.05, 0.1) is 0 Å². The number of aromatic nitrogens is 2. The van der Waals surface area contributed by atoms with E-state index >= 15 is 0 Å². The van der Waals surface area contributed by atoms with Gasteiger partial charge in [-0.3, -0.25) is 4.90 Å².